The van der Waals surface area contributed by atoms with Gasteiger partial charge in [-0.3, -0.25) is 0 Å². The topological polar surface area (TPSA) is 46.5 Å². The molecule has 0 aliphatic rings. The van der Waals surface area contributed by atoms with Crippen LogP contribution in [0.1, 0.15) is 10.4 Å². The highest BCUT2D eigenvalue weighted by Crippen LogP contribution is 2.33. The molecule has 1 aromatic carbocycles. The van der Waals surface area contributed by atoms with Gasteiger partial charge in [0.05, 0.1) is 12.1 Å². The highest BCUT2D eigenvalue weighted by atomic mass is 79.9. The number of carbonyl (C=O) groups is 1. The predicted octanol–water partition coefficient (Wildman–Crippen LogP) is 2.59. The maximum Gasteiger partial charge on any atom is 0.342 e. The molecule has 0 bridgehead atoms. The molecule has 70 valence electrons. The van der Waals surface area contributed by atoms with Crippen molar-refractivity contribution in [1.82, 2.24) is 0 Å². The Morgan fingerprint density at radius 2 is 2.23 bits per heavy atom. The number of hydrogen-bond donors (Lipinski definition) is 1. The predicted molar refractivity (Wildman–Crippen MR) is 52.2 cm³/mol. The fraction of sp³-hybridized carbons (Fsp3) is 0.125. The molecule has 0 aromatic heterocycles. The molecule has 0 radical (unpaired) electrons. The largest absolute Gasteiger partial charge is 0.505 e. The molecule has 0 saturated heterocycles. The second-order valence-corrected chi connectivity index (χ2v) is 3.51. The monoisotopic (exact) mass is 264 g/mol. The first-order valence-electron chi connectivity index (χ1n) is 3.33. The van der Waals surface area contributed by atoms with E-state index in [0.29, 0.717) is 4.47 Å². The van der Waals surface area contributed by atoms with E-state index in [1.165, 1.54) is 13.2 Å². The van der Waals surface area contributed by atoms with E-state index in [4.69, 9.17) is 11.6 Å². The van der Waals surface area contributed by atoms with Gasteiger partial charge in [0.2, 0.25) is 0 Å². The number of rotatable bonds is 1. The van der Waals surface area contributed by atoms with Crippen molar-refractivity contribution in [3.8, 4) is 5.75 Å². The molecule has 5 heteroatoms. The van der Waals surface area contributed by atoms with Crippen molar-refractivity contribution in [2.75, 3.05) is 7.11 Å². The van der Waals surface area contributed by atoms with Gasteiger partial charge in [0.25, 0.3) is 0 Å². The van der Waals surface area contributed by atoms with Crippen molar-refractivity contribution in [3.05, 3.63) is 27.2 Å². The van der Waals surface area contributed by atoms with Gasteiger partial charge in [-0.25, -0.2) is 4.79 Å². The van der Waals surface area contributed by atoms with Crippen LogP contribution >= 0.6 is 27.5 Å². The minimum Gasteiger partial charge on any atom is -0.505 e. The highest BCUT2D eigenvalue weighted by molar-refractivity contribution is 9.10. The molecule has 1 rings (SSSR count). The third kappa shape index (κ3) is 1.95. The number of ether oxygens (including phenoxy) is 1. The summed E-state index contributed by atoms with van der Waals surface area (Å²) in [7, 11) is 1.23. The third-order valence-electron chi connectivity index (χ3n) is 1.47. The summed E-state index contributed by atoms with van der Waals surface area (Å²) in [4.78, 5) is 11.1. The number of phenols is 1. The summed E-state index contributed by atoms with van der Waals surface area (Å²) in [5.74, 6) is -0.908. The summed E-state index contributed by atoms with van der Waals surface area (Å²) in [6.07, 6.45) is 0. The van der Waals surface area contributed by atoms with Crippen molar-refractivity contribution in [3.63, 3.8) is 0 Å². The average Bonchev–Trinajstić information content (AvgIpc) is 2.12. The van der Waals surface area contributed by atoms with Crippen molar-refractivity contribution < 1.29 is 14.6 Å². The first-order chi connectivity index (χ1) is 6.07. The molecule has 0 heterocycles. The molecule has 0 atom stereocenters. The molecular weight excluding hydrogens is 259 g/mol. The molecule has 0 unspecified atom stereocenters. The van der Waals surface area contributed by atoms with Gasteiger partial charge in [0, 0.05) is 4.47 Å². The molecular formula is C8H6BrClO3. The second kappa shape index (κ2) is 3.98. The summed E-state index contributed by atoms with van der Waals surface area (Å²) in [5.41, 5.74) is 0.0370. The lowest BCUT2D eigenvalue weighted by atomic mass is 10.2. The van der Waals surface area contributed by atoms with Crippen molar-refractivity contribution in [2.45, 2.75) is 0 Å². The molecule has 0 saturated carbocycles. The molecule has 0 aliphatic carbocycles. The van der Waals surface area contributed by atoms with Crippen LogP contribution in [0, 0.1) is 0 Å². The Balaban J connectivity index is 3.33. The Bertz CT molecular complexity index is 351. The Labute approximate surface area is 88.4 Å². The molecule has 1 N–H and O–H groups in total. The molecule has 0 spiro atoms. The molecule has 13 heavy (non-hydrogen) atoms. The number of esters is 1. The van der Waals surface area contributed by atoms with E-state index in [9.17, 15) is 9.90 Å². The fourth-order valence-electron chi connectivity index (χ4n) is 0.837. The Morgan fingerprint density at radius 1 is 1.62 bits per heavy atom. The maximum atomic E-state index is 11.1. The van der Waals surface area contributed by atoms with E-state index < -0.39 is 5.97 Å². The van der Waals surface area contributed by atoms with Crippen LogP contribution in [0.4, 0.5) is 0 Å². The van der Waals surface area contributed by atoms with Crippen LogP contribution < -0.4 is 0 Å². The Hall–Kier alpha value is -0.740. The smallest absolute Gasteiger partial charge is 0.342 e. The Morgan fingerprint density at radius 3 is 2.77 bits per heavy atom. The van der Waals surface area contributed by atoms with Gasteiger partial charge in [0.15, 0.2) is 0 Å². The second-order valence-electron chi connectivity index (χ2n) is 2.24. The third-order valence-corrected chi connectivity index (χ3v) is 2.43. The standard InChI is InChI=1S/C8H6BrClO3/c1-13-8(12)6-4(9)2-3-5(10)7(6)11/h2-3,11H,1H3. The number of halogens is 2. The lowest BCUT2D eigenvalue weighted by Crippen LogP contribution is -2.02. The summed E-state index contributed by atoms with van der Waals surface area (Å²) >= 11 is 8.71. The van der Waals surface area contributed by atoms with E-state index in [1.807, 2.05) is 0 Å². The van der Waals surface area contributed by atoms with Gasteiger partial charge >= 0.3 is 5.97 Å². The van der Waals surface area contributed by atoms with Gasteiger partial charge in [-0.15, -0.1) is 0 Å². The number of carbonyl (C=O) groups excluding carboxylic acids is 1. The van der Waals surface area contributed by atoms with Gasteiger partial charge in [-0.1, -0.05) is 11.6 Å². The maximum absolute atomic E-state index is 11.1. The zero-order valence-electron chi connectivity index (χ0n) is 6.67. The lowest BCUT2D eigenvalue weighted by Gasteiger charge is -2.05. The van der Waals surface area contributed by atoms with Gasteiger partial charge < -0.3 is 9.84 Å². The SMILES string of the molecule is COC(=O)c1c(Br)ccc(Cl)c1O. The molecule has 1 aromatic rings. The average molecular weight is 265 g/mol. The van der Waals surface area contributed by atoms with Gasteiger partial charge in [0.1, 0.15) is 11.3 Å². The van der Waals surface area contributed by atoms with Gasteiger partial charge in [-0.2, -0.15) is 0 Å². The zero-order chi connectivity index (χ0) is 10.0. The summed E-state index contributed by atoms with van der Waals surface area (Å²) in [6.45, 7) is 0. The van der Waals surface area contributed by atoms with Gasteiger partial charge in [-0.05, 0) is 28.1 Å². The minimum atomic E-state index is -0.633. The number of hydrogen-bond acceptors (Lipinski definition) is 3. The normalized spacial score (nSPS) is 9.77. The van der Waals surface area contributed by atoms with Crippen molar-refractivity contribution >= 4 is 33.5 Å². The molecule has 0 fully saturated rings. The van der Waals surface area contributed by atoms with E-state index in [0.717, 1.165) is 0 Å². The van der Waals surface area contributed by atoms with Crippen LogP contribution in [-0.4, -0.2) is 18.2 Å². The highest BCUT2D eigenvalue weighted by Gasteiger charge is 2.17. The van der Waals surface area contributed by atoms with Crippen LogP contribution in [0.5, 0.6) is 5.75 Å². The molecule has 0 aliphatic heterocycles. The summed E-state index contributed by atoms with van der Waals surface area (Å²) < 4.78 is 4.91. The quantitative estimate of drug-likeness (QED) is 0.794. The first-order valence-corrected chi connectivity index (χ1v) is 4.50. The van der Waals surface area contributed by atoms with Crippen molar-refractivity contribution in [1.29, 1.82) is 0 Å². The van der Waals surface area contributed by atoms with E-state index in [-0.39, 0.29) is 16.3 Å². The molecule has 3 nitrogen and oxygen atoms in total. The fourth-order valence-corrected chi connectivity index (χ4v) is 1.48. The van der Waals surface area contributed by atoms with E-state index in [2.05, 4.69) is 20.7 Å². The number of phenolic OH excluding ortho intramolecular Hbond substituents is 1. The number of aromatic hydroxyl groups is 1. The minimum absolute atomic E-state index is 0.0370. The zero-order valence-corrected chi connectivity index (χ0v) is 9.02. The van der Waals surface area contributed by atoms with E-state index in [1.54, 1.807) is 6.07 Å². The van der Waals surface area contributed by atoms with E-state index >= 15 is 0 Å². The first kappa shape index (κ1) is 10.3. The lowest BCUT2D eigenvalue weighted by molar-refractivity contribution is 0.0596. The van der Waals surface area contributed by atoms with Crippen LogP contribution in [0.2, 0.25) is 5.02 Å². The van der Waals surface area contributed by atoms with Crippen LogP contribution in [0.25, 0.3) is 0 Å². The van der Waals surface area contributed by atoms with Crippen LogP contribution in [-0.2, 0) is 4.74 Å². The molecule has 0 amide bonds. The number of methoxy groups -OCH3 is 1. The van der Waals surface area contributed by atoms with Crippen LogP contribution in [0.15, 0.2) is 16.6 Å². The summed E-state index contributed by atoms with van der Waals surface area (Å²) in [6, 6.07) is 3.04. The van der Waals surface area contributed by atoms with Crippen LogP contribution in [0.3, 0.4) is 0 Å². The Kier molecular flexibility index (Phi) is 3.17. The summed E-state index contributed by atoms with van der Waals surface area (Å²) in [5, 5.41) is 9.53. The van der Waals surface area contributed by atoms with Crippen molar-refractivity contribution in [2.24, 2.45) is 0 Å². The number of benzene rings is 1.